The Morgan fingerprint density at radius 3 is 2.06 bits per heavy atom. The molecule has 0 amide bonds. The third-order valence-corrected chi connectivity index (χ3v) is 3.89. The quantitative estimate of drug-likeness (QED) is 0.613. The van der Waals surface area contributed by atoms with Crippen molar-refractivity contribution >= 4 is 28.7 Å². The van der Waals surface area contributed by atoms with Gasteiger partial charge in [0.05, 0.1) is 4.88 Å². The Morgan fingerprint density at radius 1 is 0.944 bits per heavy atom. The van der Waals surface area contributed by atoms with Gasteiger partial charge >= 0.3 is 0 Å². The van der Waals surface area contributed by atoms with Crippen molar-refractivity contribution in [3.05, 3.63) is 57.8 Å². The van der Waals surface area contributed by atoms with E-state index in [1.807, 2.05) is 0 Å². The van der Waals surface area contributed by atoms with Crippen molar-refractivity contribution in [2.24, 2.45) is 5.92 Å². The molecule has 3 rings (SSSR count). The fourth-order valence-electron chi connectivity index (χ4n) is 2.14. The van der Waals surface area contributed by atoms with Gasteiger partial charge in [-0.15, -0.1) is 11.3 Å². The van der Waals surface area contributed by atoms with Crippen molar-refractivity contribution in [3.8, 4) is 0 Å². The molecule has 0 aliphatic heterocycles. The molecule has 4 heteroatoms. The molecule has 2 aromatic rings. The minimum atomic E-state index is -1.18. The maximum absolute atomic E-state index is 12.2. The molecule has 3 nitrogen and oxygen atoms in total. The van der Waals surface area contributed by atoms with Crippen LogP contribution in [0.4, 0.5) is 0 Å². The lowest BCUT2D eigenvalue weighted by molar-refractivity contribution is 0.0758. The highest BCUT2D eigenvalue weighted by atomic mass is 32.1. The van der Waals surface area contributed by atoms with Crippen molar-refractivity contribution in [2.75, 3.05) is 0 Å². The number of rotatable bonds is 2. The lowest BCUT2D eigenvalue weighted by Crippen LogP contribution is -2.24. The molecular weight excluding hydrogens is 248 g/mol. The van der Waals surface area contributed by atoms with Crippen LogP contribution in [0.2, 0.25) is 0 Å². The Balaban J connectivity index is 2.05. The van der Waals surface area contributed by atoms with E-state index in [1.54, 1.807) is 41.8 Å². The van der Waals surface area contributed by atoms with Gasteiger partial charge in [0.1, 0.15) is 5.92 Å². The molecule has 0 N–H and O–H groups in total. The number of hydrogen-bond donors (Lipinski definition) is 0. The summed E-state index contributed by atoms with van der Waals surface area (Å²) in [7, 11) is 0. The number of carbonyl (C=O) groups is 3. The molecular formula is C14H8O3S. The Morgan fingerprint density at radius 2 is 1.56 bits per heavy atom. The summed E-state index contributed by atoms with van der Waals surface area (Å²) >= 11 is 1.25. The number of carbonyl (C=O) groups excluding carboxylic acids is 3. The molecule has 0 saturated carbocycles. The van der Waals surface area contributed by atoms with Crippen molar-refractivity contribution in [1.29, 1.82) is 0 Å². The number of fused-ring (bicyclic) bond motifs is 1. The Labute approximate surface area is 107 Å². The third-order valence-electron chi connectivity index (χ3n) is 3.01. The highest BCUT2D eigenvalue weighted by Gasteiger charge is 2.43. The zero-order chi connectivity index (χ0) is 12.7. The fraction of sp³-hybridized carbons (Fsp3) is 0.0714. The van der Waals surface area contributed by atoms with E-state index >= 15 is 0 Å². The maximum atomic E-state index is 12.2. The first kappa shape index (κ1) is 11.0. The number of ketones is 3. The summed E-state index contributed by atoms with van der Waals surface area (Å²) in [6.07, 6.45) is 0. The van der Waals surface area contributed by atoms with Crippen LogP contribution in [0.5, 0.6) is 0 Å². The van der Waals surface area contributed by atoms with Crippen LogP contribution >= 0.6 is 11.3 Å². The summed E-state index contributed by atoms with van der Waals surface area (Å²) in [4.78, 5) is 36.8. The first-order chi connectivity index (χ1) is 8.70. The SMILES string of the molecule is O=C(c1cccs1)C1C(=O)c2ccccc2C1=O. The Kier molecular flexibility index (Phi) is 2.45. The van der Waals surface area contributed by atoms with Gasteiger partial charge in [-0.1, -0.05) is 30.3 Å². The van der Waals surface area contributed by atoms with E-state index < -0.39 is 11.7 Å². The van der Waals surface area contributed by atoms with Gasteiger partial charge in [-0.2, -0.15) is 0 Å². The predicted octanol–water partition coefficient (Wildman–Crippen LogP) is 2.63. The van der Waals surface area contributed by atoms with E-state index in [4.69, 9.17) is 0 Å². The molecule has 88 valence electrons. The van der Waals surface area contributed by atoms with Gasteiger partial charge in [0.2, 0.25) is 0 Å². The number of Topliss-reactive ketones (excluding diaryl/α,β-unsaturated/α-hetero) is 3. The fourth-order valence-corrected chi connectivity index (χ4v) is 2.84. The molecule has 1 aromatic heterocycles. The normalized spacial score (nSPS) is 14.9. The third kappa shape index (κ3) is 1.46. The largest absolute Gasteiger partial charge is 0.293 e. The zero-order valence-corrected chi connectivity index (χ0v) is 10.1. The van der Waals surface area contributed by atoms with Gasteiger partial charge in [-0.3, -0.25) is 14.4 Å². The minimum Gasteiger partial charge on any atom is -0.293 e. The standard InChI is InChI=1S/C14H8O3S/c15-12-8-4-1-2-5-9(8)13(16)11(12)14(17)10-6-3-7-18-10/h1-7,11H. The summed E-state index contributed by atoms with van der Waals surface area (Å²) in [5.74, 6) is -2.33. The van der Waals surface area contributed by atoms with Crippen LogP contribution in [0.25, 0.3) is 0 Å². The van der Waals surface area contributed by atoms with E-state index in [9.17, 15) is 14.4 Å². The second-order valence-corrected chi connectivity index (χ2v) is 5.00. The smallest absolute Gasteiger partial charge is 0.191 e. The summed E-state index contributed by atoms with van der Waals surface area (Å²) in [5.41, 5.74) is 0.717. The van der Waals surface area contributed by atoms with Gasteiger partial charge in [0.25, 0.3) is 0 Å². The first-order valence-electron chi connectivity index (χ1n) is 5.45. The van der Waals surface area contributed by atoms with Crippen molar-refractivity contribution in [1.82, 2.24) is 0 Å². The predicted molar refractivity (Wildman–Crippen MR) is 67.2 cm³/mol. The molecule has 0 atom stereocenters. The molecule has 1 aliphatic rings. The van der Waals surface area contributed by atoms with E-state index in [2.05, 4.69) is 0 Å². The second-order valence-electron chi connectivity index (χ2n) is 4.05. The van der Waals surface area contributed by atoms with Crippen molar-refractivity contribution < 1.29 is 14.4 Å². The molecule has 1 aromatic carbocycles. The summed E-state index contributed by atoms with van der Waals surface area (Å²) in [5, 5.41) is 1.75. The average molecular weight is 256 g/mol. The molecule has 1 aliphatic carbocycles. The lowest BCUT2D eigenvalue weighted by Gasteiger charge is -2.02. The van der Waals surface area contributed by atoms with Crippen LogP contribution in [0.1, 0.15) is 30.4 Å². The zero-order valence-electron chi connectivity index (χ0n) is 9.25. The molecule has 0 unspecified atom stereocenters. The molecule has 0 spiro atoms. The molecule has 1 heterocycles. The highest BCUT2D eigenvalue weighted by Crippen LogP contribution is 2.30. The van der Waals surface area contributed by atoms with Gasteiger partial charge in [0.15, 0.2) is 17.3 Å². The van der Waals surface area contributed by atoms with Crippen LogP contribution in [0.3, 0.4) is 0 Å². The highest BCUT2D eigenvalue weighted by molar-refractivity contribution is 7.12. The molecule has 18 heavy (non-hydrogen) atoms. The lowest BCUT2D eigenvalue weighted by atomic mass is 9.97. The van der Waals surface area contributed by atoms with Crippen LogP contribution in [-0.4, -0.2) is 17.3 Å². The Hall–Kier alpha value is -2.07. The van der Waals surface area contributed by atoms with E-state index in [0.717, 1.165) is 0 Å². The number of benzene rings is 1. The van der Waals surface area contributed by atoms with Crippen molar-refractivity contribution in [2.45, 2.75) is 0 Å². The number of hydrogen-bond acceptors (Lipinski definition) is 4. The topological polar surface area (TPSA) is 51.2 Å². The summed E-state index contributed by atoms with van der Waals surface area (Å²) in [6, 6.07) is 9.95. The van der Waals surface area contributed by atoms with Crippen molar-refractivity contribution in [3.63, 3.8) is 0 Å². The van der Waals surface area contributed by atoms with Crippen LogP contribution in [0.15, 0.2) is 41.8 Å². The summed E-state index contributed by atoms with van der Waals surface area (Å²) < 4.78 is 0. The minimum absolute atomic E-state index is 0.359. The van der Waals surface area contributed by atoms with E-state index in [1.165, 1.54) is 11.3 Å². The molecule has 0 fully saturated rings. The van der Waals surface area contributed by atoms with E-state index in [0.29, 0.717) is 16.0 Å². The molecule has 0 radical (unpaired) electrons. The monoisotopic (exact) mass is 256 g/mol. The van der Waals surface area contributed by atoms with Crippen LogP contribution in [-0.2, 0) is 0 Å². The molecule has 0 bridgehead atoms. The van der Waals surface area contributed by atoms with Crippen LogP contribution in [0, 0.1) is 5.92 Å². The number of thiophene rings is 1. The summed E-state index contributed by atoms with van der Waals surface area (Å²) in [6.45, 7) is 0. The second kappa shape index (κ2) is 3.99. The van der Waals surface area contributed by atoms with Gasteiger partial charge in [-0.05, 0) is 11.4 Å². The van der Waals surface area contributed by atoms with Gasteiger partial charge in [0, 0.05) is 11.1 Å². The maximum Gasteiger partial charge on any atom is 0.191 e. The first-order valence-corrected chi connectivity index (χ1v) is 6.33. The van der Waals surface area contributed by atoms with Gasteiger partial charge < -0.3 is 0 Å². The van der Waals surface area contributed by atoms with E-state index in [-0.39, 0.29) is 11.6 Å². The average Bonchev–Trinajstić information content (AvgIpc) is 2.99. The Bertz CT molecular complexity index is 609. The molecule has 0 saturated heterocycles. The van der Waals surface area contributed by atoms with Gasteiger partial charge in [-0.25, -0.2) is 0 Å². The van der Waals surface area contributed by atoms with Crippen LogP contribution < -0.4 is 0 Å².